The Morgan fingerprint density at radius 2 is 1.89 bits per heavy atom. The molecular weight excluding hydrogens is 486 g/mol. The van der Waals surface area contributed by atoms with Crippen molar-refractivity contribution in [3.8, 4) is 34.1 Å². The summed E-state index contributed by atoms with van der Waals surface area (Å²) >= 11 is 0. The Kier molecular flexibility index (Phi) is 6.72. The molecule has 3 aromatic heterocycles. The molecule has 192 valence electrons. The number of ether oxygens (including phenoxy) is 1. The Morgan fingerprint density at radius 3 is 2.71 bits per heavy atom. The molecule has 0 saturated heterocycles. The van der Waals surface area contributed by atoms with E-state index >= 15 is 0 Å². The molecular formula is C27H25N7O4. The zero-order valence-electron chi connectivity index (χ0n) is 20.7. The normalized spacial score (nSPS) is 10.9. The summed E-state index contributed by atoms with van der Waals surface area (Å²) in [5.41, 5.74) is 4.19. The summed E-state index contributed by atoms with van der Waals surface area (Å²) < 4.78 is 5.37. The van der Waals surface area contributed by atoms with Crippen LogP contribution in [0, 0.1) is 6.92 Å². The van der Waals surface area contributed by atoms with Gasteiger partial charge in [0.15, 0.2) is 0 Å². The third-order valence-corrected chi connectivity index (χ3v) is 5.85. The van der Waals surface area contributed by atoms with Crippen molar-refractivity contribution in [3.63, 3.8) is 0 Å². The third kappa shape index (κ3) is 5.16. The molecule has 0 aliphatic rings. The maximum atomic E-state index is 12.7. The van der Waals surface area contributed by atoms with Gasteiger partial charge in [-0.15, -0.1) is 0 Å². The molecule has 0 bridgehead atoms. The highest BCUT2D eigenvalue weighted by atomic mass is 16.5. The average molecular weight is 512 g/mol. The van der Waals surface area contributed by atoms with E-state index in [2.05, 4.69) is 35.6 Å². The summed E-state index contributed by atoms with van der Waals surface area (Å²) in [7, 11) is 1.56. The van der Waals surface area contributed by atoms with Crippen LogP contribution in [0.5, 0.6) is 11.6 Å². The number of phenols is 1. The molecule has 11 heteroatoms. The number of anilines is 1. The highest BCUT2D eigenvalue weighted by Gasteiger charge is 2.15. The predicted molar refractivity (Wildman–Crippen MR) is 143 cm³/mol. The zero-order valence-corrected chi connectivity index (χ0v) is 20.7. The van der Waals surface area contributed by atoms with Crippen LogP contribution in [0.25, 0.3) is 33.5 Å². The number of hydrogen-bond acceptors (Lipinski definition) is 8. The quantitative estimate of drug-likeness (QED) is 0.199. The van der Waals surface area contributed by atoms with E-state index in [1.54, 1.807) is 50.6 Å². The molecule has 0 radical (unpaired) electrons. The minimum atomic E-state index is -0.266. The lowest BCUT2D eigenvalue weighted by atomic mass is 10.0. The van der Waals surface area contributed by atoms with Gasteiger partial charge < -0.3 is 25.5 Å². The van der Waals surface area contributed by atoms with Gasteiger partial charge in [-0.05, 0) is 55.0 Å². The van der Waals surface area contributed by atoms with E-state index in [9.17, 15) is 14.7 Å². The van der Waals surface area contributed by atoms with Crippen LogP contribution < -0.4 is 20.9 Å². The van der Waals surface area contributed by atoms with Crippen molar-refractivity contribution in [2.45, 2.75) is 6.92 Å². The number of nitrogens with one attached hydrogen (secondary N) is 4. The van der Waals surface area contributed by atoms with E-state index in [1.165, 1.54) is 6.07 Å². The van der Waals surface area contributed by atoms with Crippen LogP contribution in [0.2, 0.25) is 0 Å². The molecule has 0 aliphatic heterocycles. The van der Waals surface area contributed by atoms with Crippen molar-refractivity contribution in [3.05, 3.63) is 82.4 Å². The number of pyridine rings is 1. The summed E-state index contributed by atoms with van der Waals surface area (Å²) in [6.07, 6.45) is 1.65. The fourth-order valence-corrected chi connectivity index (χ4v) is 4.06. The molecule has 0 unspecified atom stereocenters. The van der Waals surface area contributed by atoms with E-state index in [0.717, 1.165) is 16.6 Å². The van der Waals surface area contributed by atoms with E-state index in [1.807, 2.05) is 18.2 Å². The summed E-state index contributed by atoms with van der Waals surface area (Å²) in [4.78, 5) is 43.1. The van der Waals surface area contributed by atoms with E-state index in [0.29, 0.717) is 53.1 Å². The van der Waals surface area contributed by atoms with Crippen LogP contribution in [-0.2, 0) is 0 Å². The van der Waals surface area contributed by atoms with Gasteiger partial charge >= 0.3 is 0 Å². The Balaban J connectivity index is 1.31. The van der Waals surface area contributed by atoms with Gasteiger partial charge in [-0.2, -0.15) is 0 Å². The zero-order chi connectivity index (χ0) is 26.6. The summed E-state index contributed by atoms with van der Waals surface area (Å²) in [5, 5.41) is 16.4. The van der Waals surface area contributed by atoms with Gasteiger partial charge in [0.2, 0.25) is 11.8 Å². The average Bonchev–Trinajstić information content (AvgIpc) is 3.34. The van der Waals surface area contributed by atoms with Crippen LogP contribution in [0.4, 0.5) is 5.95 Å². The first-order chi connectivity index (χ1) is 18.4. The molecule has 38 heavy (non-hydrogen) atoms. The number of H-pyrrole nitrogens is 2. The summed E-state index contributed by atoms with van der Waals surface area (Å²) in [6.45, 7) is 2.43. The van der Waals surface area contributed by atoms with Crippen LogP contribution in [0.3, 0.4) is 0 Å². The largest absolute Gasteiger partial charge is 0.507 e. The van der Waals surface area contributed by atoms with Gasteiger partial charge in [0.1, 0.15) is 11.6 Å². The van der Waals surface area contributed by atoms with Gasteiger partial charge in [0.25, 0.3) is 11.5 Å². The first kappa shape index (κ1) is 24.5. The molecule has 2 aromatic carbocycles. The van der Waals surface area contributed by atoms with Gasteiger partial charge in [0.05, 0.1) is 23.7 Å². The van der Waals surface area contributed by atoms with Gasteiger partial charge in [-0.1, -0.05) is 6.07 Å². The number of aromatic hydroxyl groups is 1. The molecule has 0 saturated carbocycles. The third-order valence-electron chi connectivity index (χ3n) is 5.85. The number of aromatic amines is 2. The fourth-order valence-electron chi connectivity index (χ4n) is 4.06. The maximum Gasteiger partial charge on any atom is 0.252 e. The highest BCUT2D eigenvalue weighted by Crippen LogP contribution is 2.35. The first-order valence-electron chi connectivity index (χ1n) is 11.8. The molecule has 11 nitrogen and oxygen atoms in total. The number of nitrogens with zero attached hydrogens (tertiary/aromatic N) is 3. The van der Waals surface area contributed by atoms with Gasteiger partial charge in [0, 0.05) is 42.2 Å². The van der Waals surface area contributed by atoms with Crippen molar-refractivity contribution < 1.29 is 14.6 Å². The second-order valence-corrected chi connectivity index (χ2v) is 8.53. The number of aryl methyl sites for hydroxylation is 1. The second kappa shape index (κ2) is 10.4. The molecule has 5 rings (SSSR count). The number of imidazole rings is 1. The number of benzene rings is 2. The van der Waals surface area contributed by atoms with Gasteiger partial charge in [-0.25, -0.2) is 15.0 Å². The number of aromatic nitrogens is 5. The number of rotatable bonds is 8. The second-order valence-electron chi connectivity index (χ2n) is 8.53. The Labute approximate surface area is 217 Å². The molecule has 0 aliphatic carbocycles. The van der Waals surface area contributed by atoms with E-state index in [4.69, 9.17) is 4.74 Å². The van der Waals surface area contributed by atoms with Crippen molar-refractivity contribution >= 4 is 22.9 Å². The van der Waals surface area contributed by atoms with Gasteiger partial charge in [-0.3, -0.25) is 14.6 Å². The predicted octanol–water partition coefficient (Wildman–Crippen LogP) is 3.24. The fraction of sp³-hybridized carbons (Fsp3) is 0.148. The molecule has 1 amide bonds. The molecule has 0 spiro atoms. The van der Waals surface area contributed by atoms with Crippen LogP contribution in [0.15, 0.2) is 65.6 Å². The maximum absolute atomic E-state index is 12.7. The lowest BCUT2D eigenvalue weighted by molar-refractivity contribution is 0.0955. The van der Waals surface area contributed by atoms with E-state index in [-0.39, 0.29) is 17.2 Å². The molecule has 5 aromatic rings. The van der Waals surface area contributed by atoms with Crippen LogP contribution >= 0.6 is 0 Å². The molecule has 5 N–H and O–H groups in total. The van der Waals surface area contributed by atoms with E-state index < -0.39 is 0 Å². The number of amides is 1. The van der Waals surface area contributed by atoms with Crippen molar-refractivity contribution in [2.24, 2.45) is 0 Å². The highest BCUT2D eigenvalue weighted by molar-refractivity contribution is 5.97. The van der Waals surface area contributed by atoms with Crippen molar-refractivity contribution in [1.29, 1.82) is 0 Å². The lowest BCUT2D eigenvalue weighted by Gasteiger charge is -2.09. The smallest absolute Gasteiger partial charge is 0.252 e. The number of carbonyl (C=O) groups excluding carboxylic acids is 1. The summed E-state index contributed by atoms with van der Waals surface area (Å²) in [5.74, 6) is 1.08. The number of hydrogen-bond donors (Lipinski definition) is 5. The Hall–Kier alpha value is -5.19. The molecule has 3 heterocycles. The SMILES string of the molecule is COc1ncccc1-c1ccc(O)c(-c2nc3cc(C(=O)NCCNc4nc(C)cc(=O)[nH]4)ccc3[nH]2)c1. The number of carbonyl (C=O) groups is 1. The Morgan fingerprint density at radius 1 is 1.03 bits per heavy atom. The molecule has 0 fully saturated rings. The first-order valence-corrected chi connectivity index (χ1v) is 11.8. The monoisotopic (exact) mass is 511 g/mol. The van der Waals surface area contributed by atoms with Crippen molar-refractivity contribution in [2.75, 3.05) is 25.5 Å². The lowest BCUT2D eigenvalue weighted by Crippen LogP contribution is -2.29. The van der Waals surface area contributed by atoms with Crippen molar-refractivity contribution in [1.82, 2.24) is 30.2 Å². The van der Waals surface area contributed by atoms with Crippen LogP contribution in [0.1, 0.15) is 16.1 Å². The molecule has 0 atom stereocenters. The standard InChI is InChI=1S/C27H25N7O4/c1-15-12-23(36)34-27(31-15)30-11-10-28-25(37)17-5-7-20-21(14-17)33-24(32-20)19-13-16(6-8-22(19)35)18-4-3-9-29-26(18)38-2/h3-9,12-14,35H,10-11H2,1-2H3,(H,28,37)(H,32,33)(H2,30,31,34,36). The topological polar surface area (TPSA) is 158 Å². The Bertz CT molecular complexity index is 1690. The number of methoxy groups -OCH3 is 1. The number of fused-ring (bicyclic) bond motifs is 1. The number of phenolic OH excluding ortho intramolecular Hbond substituents is 1. The van der Waals surface area contributed by atoms with Crippen LogP contribution in [-0.4, -0.2) is 56.1 Å². The minimum Gasteiger partial charge on any atom is -0.507 e. The minimum absolute atomic E-state index is 0.0607. The summed E-state index contributed by atoms with van der Waals surface area (Å²) in [6, 6.07) is 15.4.